The van der Waals surface area contributed by atoms with E-state index in [2.05, 4.69) is 5.32 Å². The second kappa shape index (κ2) is 7.60. The molecule has 0 spiro atoms. The first-order valence-electron chi connectivity index (χ1n) is 3.58. The number of hydrogen-bond acceptors (Lipinski definition) is 2. The van der Waals surface area contributed by atoms with Crippen LogP contribution in [0.25, 0.3) is 0 Å². The molecule has 1 N–H and O–H groups in total. The van der Waals surface area contributed by atoms with Crippen LogP contribution in [0.15, 0.2) is 0 Å². The molecule has 68 valence electrons. The first kappa shape index (κ1) is 13.1. The molecule has 0 bridgehead atoms. The lowest BCUT2D eigenvalue weighted by atomic mass is 10.3. The van der Waals surface area contributed by atoms with Crippen molar-refractivity contribution in [3.05, 3.63) is 0 Å². The van der Waals surface area contributed by atoms with Gasteiger partial charge in [0.2, 0.25) is 0 Å². The summed E-state index contributed by atoms with van der Waals surface area (Å²) in [6, 6.07) is 0. The Bertz CT molecular complexity index is 80.5. The van der Waals surface area contributed by atoms with Gasteiger partial charge in [0.15, 0.2) is 0 Å². The minimum Gasteiger partial charge on any atom is -0.311 e. The average Bonchev–Trinajstić information content (AvgIpc) is 2.43. The Morgan fingerprint density at radius 1 is 1.36 bits per heavy atom. The molecule has 1 rings (SSSR count). The van der Waals surface area contributed by atoms with E-state index in [1.807, 2.05) is 20.6 Å². The normalized spacial score (nSPS) is 18.9. The second-order valence-corrected chi connectivity index (χ2v) is 1.78. The summed E-state index contributed by atoms with van der Waals surface area (Å²) in [6.07, 6.45) is 0.00694. The van der Waals surface area contributed by atoms with Gasteiger partial charge >= 0.3 is 0 Å². The monoisotopic (exact) mass is 167 g/mol. The van der Waals surface area contributed by atoms with Gasteiger partial charge in [-0.3, -0.25) is 0 Å². The number of rotatable bonds is 0. The van der Waals surface area contributed by atoms with E-state index >= 15 is 0 Å². The molecule has 1 aliphatic heterocycles. The molecule has 0 aromatic rings. The number of nitrogens with one attached hydrogen (secondary N) is 1. The first-order valence-corrected chi connectivity index (χ1v) is 3.58. The van der Waals surface area contributed by atoms with Crippen molar-refractivity contribution in [3.8, 4) is 0 Å². The summed E-state index contributed by atoms with van der Waals surface area (Å²) in [7, 11) is 0. The van der Waals surface area contributed by atoms with E-state index in [4.69, 9.17) is 4.79 Å². The van der Waals surface area contributed by atoms with Crippen molar-refractivity contribution < 1.29 is 13.6 Å². The van der Waals surface area contributed by atoms with Gasteiger partial charge in [0.1, 0.15) is 6.79 Å². The summed E-state index contributed by atoms with van der Waals surface area (Å²) in [5, 5.41) is 2.56. The lowest BCUT2D eigenvalue weighted by Crippen LogP contribution is -2.18. The molecule has 4 heteroatoms. The van der Waals surface area contributed by atoms with E-state index in [1.54, 1.807) is 0 Å². The molecule has 1 fully saturated rings. The highest BCUT2D eigenvalue weighted by molar-refractivity contribution is 5.10. The predicted octanol–water partition coefficient (Wildman–Crippen LogP) is 1.46. The minimum atomic E-state index is -2.42. The van der Waals surface area contributed by atoms with E-state index < -0.39 is 5.92 Å². The van der Waals surface area contributed by atoms with Crippen LogP contribution in [0.5, 0.6) is 0 Å². The van der Waals surface area contributed by atoms with Crippen LogP contribution >= 0.6 is 0 Å². The molecule has 0 aromatic carbocycles. The molecule has 0 radical (unpaired) electrons. The molecule has 0 unspecified atom stereocenters. The van der Waals surface area contributed by atoms with Gasteiger partial charge < -0.3 is 10.1 Å². The van der Waals surface area contributed by atoms with Gasteiger partial charge in [-0.05, 0) is 0 Å². The van der Waals surface area contributed by atoms with Gasteiger partial charge in [0.25, 0.3) is 5.92 Å². The lowest BCUT2D eigenvalue weighted by molar-refractivity contribution is -0.0979. The number of hydrogen-bond donors (Lipinski definition) is 1. The molecule has 11 heavy (non-hydrogen) atoms. The molecule has 0 aliphatic carbocycles. The van der Waals surface area contributed by atoms with E-state index in [0.29, 0.717) is 6.54 Å². The first-order chi connectivity index (χ1) is 5.21. The van der Waals surface area contributed by atoms with Crippen LogP contribution in [0, 0.1) is 0 Å². The summed E-state index contributed by atoms with van der Waals surface area (Å²) >= 11 is 0. The van der Waals surface area contributed by atoms with Gasteiger partial charge in [-0.25, -0.2) is 8.78 Å². The highest BCUT2D eigenvalue weighted by Crippen LogP contribution is 2.19. The molecule has 1 aliphatic rings. The molecule has 0 atom stereocenters. The summed E-state index contributed by atoms with van der Waals surface area (Å²) in [5.41, 5.74) is 0. The van der Waals surface area contributed by atoms with Crippen LogP contribution in [-0.4, -0.2) is 25.8 Å². The number of alkyl halides is 2. The van der Waals surface area contributed by atoms with Crippen molar-refractivity contribution in [2.75, 3.05) is 13.1 Å². The quantitative estimate of drug-likeness (QED) is 0.591. The number of carbonyl (C=O) groups is 1. The highest BCUT2D eigenvalue weighted by Gasteiger charge is 2.32. The minimum absolute atomic E-state index is 0.00694. The van der Waals surface area contributed by atoms with Crippen molar-refractivity contribution >= 4 is 6.79 Å². The van der Waals surface area contributed by atoms with E-state index in [1.165, 1.54) is 0 Å². The van der Waals surface area contributed by atoms with Crippen LogP contribution in [0.1, 0.15) is 20.3 Å². The second-order valence-electron chi connectivity index (χ2n) is 1.78. The Labute approximate surface area is 66.0 Å². The molecular weight excluding hydrogens is 152 g/mol. The van der Waals surface area contributed by atoms with Crippen LogP contribution in [0.2, 0.25) is 0 Å². The van der Waals surface area contributed by atoms with Crippen molar-refractivity contribution in [1.82, 2.24) is 5.32 Å². The van der Waals surface area contributed by atoms with E-state index in [-0.39, 0.29) is 13.0 Å². The fourth-order valence-corrected chi connectivity index (χ4v) is 0.631. The van der Waals surface area contributed by atoms with Crippen molar-refractivity contribution in [2.45, 2.75) is 26.2 Å². The Kier molecular flexibility index (Phi) is 9.05. The van der Waals surface area contributed by atoms with Crippen LogP contribution in [0.3, 0.4) is 0 Å². The topological polar surface area (TPSA) is 29.1 Å². The Morgan fingerprint density at radius 2 is 1.82 bits per heavy atom. The molecule has 1 heterocycles. The van der Waals surface area contributed by atoms with Crippen molar-refractivity contribution in [1.29, 1.82) is 0 Å². The summed E-state index contributed by atoms with van der Waals surface area (Å²) in [4.78, 5) is 8.00. The van der Waals surface area contributed by atoms with Crippen LogP contribution < -0.4 is 5.32 Å². The Morgan fingerprint density at radius 3 is 1.91 bits per heavy atom. The van der Waals surface area contributed by atoms with Crippen molar-refractivity contribution in [3.63, 3.8) is 0 Å². The fourth-order valence-electron chi connectivity index (χ4n) is 0.631. The highest BCUT2D eigenvalue weighted by atomic mass is 19.3. The zero-order valence-electron chi connectivity index (χ0n) is 6.99. The number of halogens is 2. The number of carbonyl (C=O) groups excluding carboxylic acids is 1. The van der Waals surface area contributed by atoms with Gasteiger partial charge in [-0.1, -0.05) is 13.8 Å². The standard InChI is InChI=1S/C4H7F2N.C2H6.CH2O/c5-4(6)1-2-7-3-4;2*1-2/h7H,1-3H2;1-2H3;1H2. The SMILES string of the molecule is C=O.CC.FC1(F)CCNC1. The summed E-state index contributed by atoms with van der Waals surface area (Å²) in [5.74, 6) is -2.42. The largest absolute Gasteiger partial charge is 0.311 e. The van der Waals surface area contributed by atoms with E-state index in [0.717, 1.165) is 0 Å². The Hall–Kier alpha value is -0.510. The molecule has 2 nitrogen and oxygen atoms in total. The molecular formula is C7H15F2NO. The predicted molar refractivity (Wildman–Crippen MR) is 40.9 cm³/mol. The molecule has 0 amide bonds. The van der Waals surface area contributed by atoms with Gasteiger partial charge in [0, 0.05) is 13.0 Å². The maximum atomic E-state index is 11.9. The fraction of sp³-hybridized carbons (Fsp3) is 0.857. The van der Waals surface area contributed by atoms with Crippen LogP contribution in [-0.2, 0) is 4.79 Å². The third-order valence-electron chi connectivity index (χ3n) is 1.05. The molecule has 0 aromatic heterocycles. The average molecular weight is 167 g/mol. The van der Waals surface area contributed by atoms with Gasteiger partial charge in [-0.15, -0.1) is 0 Å². The van der Waals surface area contributed by atoms with Crippen molar-refractivity contribution in [2.24, 2.45) is 0 Å². The summed E-state index contributed by atoms with van der Waals surface area (Å²) in [6.45, 7) is 6.33. The third kappa shape index (κ3) is 7.39. The Balaban J connectivity index is 0. The molecule has 1 saturated heterocycles. The van der Waals surface area contributed by atoms with Gasteiger partial charge in [-0.2, -0.15) is 0 Å². The maximum absolute atomic E-state index is 11.9. The smallest absolute Gasteiger partial charge is 0.261 e. The van der Waals surface area contributed by atoms with Gasteiger partial charge in [0.05, 0.1) is 6.54 Å². The zero-order valence-corrected chi connectivity index (χ0v) is 6.99. The lowest BCUT2D eigenvalue weighted by Gasteiger charge is -2.02. The molecule has 0 saturated carbocycles. The zero-order chi connectivity index (χ0) is 9.33. The third-order valence-corrected chi connectivity index (χ3v) is 1.05. The van der Waals surface area contributed by atoms with Crippen LogP contribution in [0.4, 0.5) is 8.78 Å². The summed E-state index contributed by atoms with van der Waals surface area (Å²) < 4.78 is 23.8. The van der Waals surface area contributed by atoms with E-state index in [9.17, 15) is 8.78 Å². The maximum Gasteiger partial charge on any atom is 0.261 e.